The highest BCUT2D eigenvalue weighted by molar-refractivity contribution is 5.94. The van der Waals surface area contributed by atoms with Crippen molar-refractivity contribution >= 4 is 17.3 Å². The molecule has 0 radical (unpaired) electrons. The van der Waals surface area contributed by atoms with Gasteiger partial charge in [-0.25, -0.2) is 0 Å². The molecular weight excluding hydrogens is 448 g/mol. The number of carbonyl (C=O) groups is 1. The van der Waals surface area contributed by atoms with Gasteiger partial charge in [-0.2, -0.15) is 5.21 Å². The maximum Gasteiger partial charge on any atom is 0.271 e. The van der Waals surface area contributed by atoms with Crippen LogP contribution in [0.3, 0.4) is 0 Å². The number of nitrogens with one attached hydrogen (secondary N) is 3. The molecule has 0 unspecified atom stereocenters. The third kappa shape index (κ3) is 4.40. The second-order valence-corrected chi connectivity index (χ2v) is 7.79. The summed E-state index contributed by atoms with van der Waals surface area (Å²) >= 11 is 0. The number of nitrogens with zero attached hydrogens (tertiary/aromatic N) is 3. The number of tetrazole rings is 1. The van der Waals surface area contributed by atoms with E-state index in [1.165, 1.54) is 0 Å². The SMILES string of the molecule is O=C(NCc1ccccc1)c1ccc(-c2cc(Nc3c(O)c(=O)c3=O)cc(-c3nn[nH]n3)c2)cc1. The van der Waals surface area contributed by atoms with Gasteiger partial charge in [0.05, 0.1) is 0 Å². The molecule has 0 aliphatic heterocycles. The van der Waals surface area contributed by atoms with Crippen molar-refractivity contribution in [2.75, 3.05) is 5.32 Å². The lowest BCUT2D eigenvalue weighted by atomic mass is 10.00. The molecule has 0 bridgehead atoms. The van der Waals surface area contributed by atoms with Crippen molar-refractivity contribution in [3.8, 4) is 28.3 Å². The van der Waals surface area contributed by atoms with Gasteiger partial charge in [0.15, 0.2) is 5.75 Å². The molecule has 0 saturated heterocycles. The Bertz CT molecular complexity index is 1570. The Labute approximate surface area is 198 Å². The largest absolute Gasteiger partial charge is 0.502 e. The number of H-pyrrole nitrogens is 1. The lowest BCUT2D eigenvalue weighted by molar-refractivity contribution is 0.0951. The van der Waals surface area contributed by atoms with Crippen LogP contribution in [0.5, 0.6) is 5.75 Å². The number of amides is 1. The van der Waals surface area contributed by atoms with E-state index in [-0.39, 0.29) is 11.6 Å². The van der Waals surface area contributed by atoms with Gasteiger partial charge in [0.2, 0.25) is 5.82 Å². The van der Waals surface area contributed by atoms with Gasteiger partial charge in [-0.3, -0.25) is 14.4 Å². The van der Waals surface area contributed by atoms with E-state index in [4.69, 9.17) is 0 Å². The minimum absolute atomic E-state index is 0.170. The predicted molar refractivity (Wildman–Crippen MR) is 129 cm³/mol. The molecule has 5 aromatic rings. The molecule has 10 heteroatoms. The van der Waals surface area contributed by atoms with E-state index in [9.17, 15) is 19.5 Å². The lowest BCUT2D eigenvalue weighted by Gasteiger charge is -2.13. The van der Waals surface area contributed by atoms with Crippen LogP contribution < -0.4 is 21.5 Å². The number of aromatic amines is 1. The van der Waals surface area contributed by atoms with Gasteiger partial charge in [0.25, 0.3) is 16.8 Å². The van der Waals surface area contributed by atoms with Gasteiger partial charge in [-0.05, 0) is 52.2 Å². The molecule has 0 saturated carbocycles. The number of aromatic hydroxyl groups is 1. The summed E-state index contributed by atoms with van der Waals surface area (Å²) in [6, 6.07) is 21.9. The molecule has 35 heavy (non-hydrogen) atoms. The summed E-state index contributed by atoms with van der Waals surface area (Å²) in [5.41, 5.74) is 2.15. The van der Waals surface area contributed by atoms with E-state index in [2.05, 4.69) is 31.3 Å². The van der Waals surface area contributed by atoms with Crippen LogP contribution in [0.2, 0.25) is 0 Å². The fourth-order valence-electron chi connectivity index (χ4n) is 3.61. The molecule has 5 rings (SSSR count). The van der Waals surface area contributed by atoms with Gasteiger partial charge in [-0.1, -0.05) is 42.5 Å². The zero-order chi connectivity index (χ0) is 24.4. The van der Waals surface area contributed by atoms with E-state index < -0.39 is 16.6 Å². The summed E-state index contributed by atoms with van der Waals surface area (Å²) in [7, 11) is 0. The summed E-state index contributed by atoms with van der Waals surface area (Å²) in [4.78, 5) is 35.7. The second-order valence-electron chi connectivity index (χ2n) is 7.79. The Morgan fingerprint density at radius 3 is 2.31 bits per heavy atom. The summed E-state index contributed by atoms with van der Waals surface area (Å²) < 4.78 is 0. The Hall–Kier alpha value is -5.12. The monoisotopic (exact) mass is 466 g/mol. The number of rotatable bonds is 7. The Balaban J connectivity index is 1.41. The first kappa shape index (κ1) is 21.7. The molecule has 0 fully saturated rings. The molecule has 4 N–H and O–H groups in total. The minimum atomic E-state index is -0.928. The number of benzene rings is 3. The zero-order valence-corrected chi connectivity index (χ0v) is 18.1. The van der Waals surface area contributed by atoms with Crippen molar-refractivity contribution in [3.63, 3.8) is 0 Å². The highest BCUT2D eigenvalue weighted by Crippen LogP contribution is 2.31. The van der Waals surface area contributed by atoms with E-state index in [0.717, 1.165) is 16.7 Å². The summed E-state index contributed by atoms with van der Waals surface area (Å²) in [6.07, 6.45) is 0. The van der Waals surface area contributed by atoms with Crippen LogP contribution in [0.25, 0.3) is 22.5 Å². The molecule has 4 aromatic carbocycles. The average molecular weight is 466 g/mol. The molecular formula is C25H18N6O4. The quantitative estimate of drug-likeness (QED) is 0.267. The fraction of sp³-hybridized carbons (Fsp3) is 0.0400. The summed E-state index contributed by atoms with van der Waals surface area (Å²) in [6.45, 7) is 0.424. The van der Waals surface area contributed by atoms with Crippen LogP contribution in [0.15, 0.2) is 82.4 Å². The number of carbonyl (C=O) groups excluding carboxylic acids is 1. The Morgan fingerprint density at radius 2 is 1.63 bits per heavy atom. The van der Waals surface area contributed by atoms with Crippen LogP contribution in [0.1, 0.15) is 15.9 Å². The number of hydrogen-bond donors (Lipinski definition) is 4. The smallest absolute Gasteiger partial charge is 0.271 e. The minimum Gasteiger partial charge on any atom is -0.502 e. The normalized spacial score (nSPS) is 10.9. The number of aromatic nitrogens is 4. The van der Waals surface area contributed by atoms with Crippen molar-refractivity contribution in [2.45, 2.75) is 6.54 Å². The topological polar surface area (TPSA) is 150 Å². The van der Waals surface area contributed by atoms with Gasteiger partial charge < -0.3 is 15.7 Å². The van der Waals surface area contributed by atoms with Gasteiger partial charge >= 0.3 is 0 Å². The van der Waals surface area contributed by atoms with Crippen molar-refractivity contribution < 1.29 is 9.90 Å². The Morgan fingerprint density at radius 1 is 0.886 bits per heavy atom. The van der Waals surface area contributed by atoms with Gasteiger partial charge in [-0.15, -0.1) is 10.2 Å². The molecule has 0 atom stereocenters. The van der Waals surface area contributed by atoms with E-state index >= 15 is 0 Å². The van der Waals surface area contributed by atoms with Crippen molar-refractivity contribution in [1.82, 2.24) is 25.9 Å². The molecule has 0 spiro atoms. The molecule has 1 heterocycles. The van der Waals surface area contributed by atoms with Crippen LogP contribution >= 0.6 is 0 Å². The standard InChI is InChI=1S/C25H18N6O4/c32-21-20(22(33)23(21)34)27-19-11-17(10-18(12-19)24-28-30-31-29-24)15-6-8-16(9-7-15)25(35)26-13-14-4-2-1-3-5-14/h1-12,27,32H,13H2,(H,26,35)(H,28,29,30,31). The molecule has 10 nitrogen and oxygen atoms in total. The third-order valence-electron chi connectivity index (χ3n) is 5.47. The first-order chi connectivity index (χ1) is 17.0. The summed E-state index contributed by atoms with van der Waals surface area (Å²) in [5, 5.41) is 29.3. The maximum atomic E-state index is 12.5. The maximum absolute atomic E-state index is 12.5. The van der Waals surface area contributed by atoms with Crippen molar-refractivity contribution in [2.24, 2.45) is 0 Å². The zero-order valence-electron chi connectivity index (χ0n) is 18.1. The third-order valence-corrected chi connectivity index (χ3v) is 5.47. The average Bonchev–Trinajstić information content (AvgIpc) is 3.45. The Kier molecular flexibility index (Phi) is 5.60. The number of anilines is 2. The van der Waals surface area contributed by atoms with E-state index in [1.807, 2.05) is 36.4 Å². The van der Waals surface area contributed by atoms with Crippen LogP contribution in [0.4, 0.5) is 11.4 Å². The van der Waals surface area contributed by atoms with Crippen LogP contribution in [-0.4, -0.2) is 31.6 Å². The molecule has 172 valence electrons. The van der Waals surface area contributed by atoms with Crippen LogP contribution in [-0.2, 0) is 6.54 Å². The van der Waals surface area contributed by atoms with E-state index in [1.54, 1.807) is 36.4 Å². The highest BCUT2D eigenvalue weighted by Gasteiger charge is 2.20. The first-order valence-electron chi connectivity index (χ1n) is 10.6. The molecule has 0 aliphatic rings. The van der Waals surface area contributed by atoms with Crippen molar-refractivity contribution in [3.05, 3.63) is 104 Å². The van der Waals surface area contributed by atoms with Gasteiger partial charge in [0, 0.05) is 23.4 Å². The summed E-state index contributed by atoms with van der Waals surface area (Å²) in [5.74, 6) is -0.479. The molecule has 1 amide bonds. The van der Waals surface area contributed by atoms with Crippen LogP contribution in [0, 0.1) is 0 Å². The first-order valence-corrected chi connectivity index (χ1v) is 10.6. The second kappa shape index (κ2) is 9.02. The fourth-order valence-corrected chi connectivity index (χ4v) is 3.61. The van der Waals surface area contributed by atoms with Crippen molar-refractivity contribution in [1.29, 1.82) is 0 Å². The van der Waals surface area contributed by atoms with Gasteiger partial charge in [0.1, 0.15) is 5.69 Å². The predicted octanol–water partition coefficient (Wildman–Crippen LogP) is 2.51. The van der Waals surface area contributed by atoms with E-state index in [0.29, 0.717) is 29.2 Å². The molecule has 0 aliphatic carbocycles. The number of hydrogen-bond acceptors (Lipinski definition) is 8. The molecule has 1 aromatic heterocycles. The lowest BCUT2D eigenvalue weighted by Crippen LogP contribution is -2.32. The highest BCUT2D eigenvalue weighted by atomic mass is 16.3.